The number of benzene rings is 2. The van der Waals surface area contributed by atoms with Crippen LogP contribution in [0.3, 0.4) is 0 Å². The molecule has 0 amide bonds. The summed E-state index contributed by atoms with van der Waals surface area (Å²) in [4.78, 5) is 2.38. The minimum absolute atomic E-state index is 0.115. The van der Waals surface area contributed by atoms with Gasteiger partial charge in [0.25, 0.3) is 0 Å². The second-order valence-electron chi connectivity index (χ2n) is 5.12. The third kappa shape index (κ3) is 3.20. The van der Waals surface area contributed by atoms with Gasteiger partial charge in [0.05, 0.1) is 6.61 Å². The average Bonchev–Trinajstić information content (AvgIpc) is 2.55. The van der Waals surface area contributed by atoms with Crippen molar-refractivity contribution in [2.24, 2.45) is 0 Å². The van der Waals surface area contributed by atoms with E-state index in [4.69, 9.17) is 4.74 Å². The monoisotopic (exact) mass is 343 g/mol. The van der Waals surface area contributed by atoms with Crippen molar-refractivity contribution < 1.29 is 4.74 Å². The smallest absolute Gasteiger partial charge is 0.100 e. The first-order valence-electron chi connectivity index (χ1n) is 7.11. The summed E-state index contributed by atoms with van der Waals surface area (Å²) in [5, 5.41) is 0. The molecule has 0 radical (unpaired) electrons. The van der Waals surface area contributed by atoms with Gasteiger partial charge in [0.15, 0.2) is 0 Å². The van der Waals surface area contributed by atoms with E-state index in [1.165, 1.54) is 16.8 Å². The maximum Gasteiger partial charge on any atom is 0.100 e. The van der Waals surface area contributed by atoms with Crippen LogP contribution in [0.1, 0.15) is 17.2 Å². The van der Waals surface area contributed by atoms with Crippen molar-refractivity contribution in [2.75, 3.05) is 24.6 Å². The van der Waals surface area contributed by atoms with Gasteiger partial charge in [-0.25, -0.2) is 0 Å². The lowest BCUT2D eigenvalue weighted by Crippen LogP contribution is -2.38. The third-order valence-corrected chi connectivity index (χ3v) is 4.33. The van der Waals surface area contributed by atoms with Crippen molar-refractivity contribution in [3.63, 3.8) is 0 Å². The molecule has 0 saturated carbocycles. The Bertz CT molecular complexity index is 623. The van der Waals surface area contributed by atoms with E-state index < -0.39 is 0 Å². The molecule has 0 unspecified atom stereocenters. The molecule has 1 fully saturated rings. The lowest BCUT2D eigenvalue weighted by molar-refractivity contribution is 0.0398. The number of hydrogen-bond donors (Lipinski definition) is 0. The zero-order valence-corrected chi connectivity index (χ0v) is 13.4. The summed E-state index contributed by atoms with van der Waals surface area (Å²) in [6.45, 7) is 6.43. The summed E-state index contributed by atoms with van der Waals surface area (Å²) in [7, 11) is 0. The number of halogens is 1. The standard InChI is InChI=1S/C18H18BrNO/c1-2-14-5-3-4-6-17(14)20-11-12-21-18(13-20)15-7-9-16(19)10-8-15/h2-10,18H,1,11-13H2/t18-/m1/s1. The molecule has 1 heterocycles. The van der Waals surface area contributed by atoms with E-state index in [2.05, 4.69) is 69.9 Å². The molecule has 2 aromatic carbocycles. The Hall–Kier alpha value is -1.58. The molecule has 1 atom stereocenters. The first-order chi connectivity index (χ1) is 10.3. The number of nitrogens with zero attached hydrogens (tertiary/aromatic N) is 1. The number of anilines is 1. The van der Waals surface area contributed by atoms with Gasteiger partial charge >= 0.3 is 0 Å². The molecular formula is C18H18BrNO. The summed E-state index contributed by atoms with van der Waals surface area (Å²) in [5.74, 6) is 0. The molecule has 2 nitrogen and oxygen atoms in total. The molecule has 1 aliphatic rings. The molecule has 0 bridgehead atoms. The quantitative estimate of drug-likeness (QED) is 0.802. The van der Waals surface area contributed by atoms with E-state index in [9.17, 15) is 0 Å². The fourth-order valence-corrected chi connectivity index (χ4v) is 2.96. The van der Waals surface area contributed by atoms with Gasteiger partial charge in [-0.2, -0.15) is 0 Å². The molecule has 0 N–H and O–H groups in total. The molecule has 0 spiro atoms. The normalized spacial score (nSPS) is 18.5. The van der Waals surface area contributed by atoms with Gasteiger partial charge < -0.3 is 9.64 Å². The van der Waals surface area contributed by atoms with Crippen LogP contribution in [0, 0.1) is 0 Å². The fourth-order valence-electron chi connectivity index (χ4n) is 2.70. The van der Waals surface area contributed by atoms with Crippen LogP contribution >= 0.6 is 15.9 Å². The molecule has 1 aliphatic heterocycles. The molecule has 1 saturated heterocycles. The number of para-hydroxylation sites is 1. The number of hydrogen-bond acceptors (Lipinski definition) is 2. The van der Waals surface area contributed by atoms with Gasteiger partial charge in [-0.05, 0) is 29.3 Å². The van der Waals surface area contributed by atoms with Gasteiger partial charge in [0.2, 0.25) is 0 Å². The summed E-state index contributed by atoms with van der Waals surface area (Å²) in [6, 6.07) is 16.8. The molecule has 3 heteroatoms. The zero-order chi connectivity index (χ0) is 14.7. The van der Waals surface area contributed by atoms with Crippen LogP contribution in [0.25, 0.3) is 6.08 Å². The highest BCUT2D eigenvalue weighted by molar-refractivity contribution is 9.10. The van der Waals surface area contributed by atoms with Crippen molar-refractivity contribution in [2.45, 2.75) is 6.10 Å². The topological polar surface area (TPSA) is 12.5 Å². The molecular weight excluding hydrogens is 326 g/mol. The largest absolute Gasteiger partial charge is 0.370 e. The summed E-state index contributed by atoms with van der Waals surface area (Å²) < 4.78 is 7.04. The average molecular weight is 344 g/mol. The molecule has 108 valence electrons. The van der Waals surface area contributed by atoms with Crippen LogP contribution in [-0.2, 0) is 4.74 Å². The van der Waals surface area contributed by atoms with Crippen LogP contribution in [-0.4, -0.2) is 19.7 Å². The van der Waals surface area contributed by atoms with E-state index in [0.29, 0.717) is 0 Å². The second-order valence-corrected chi connectivity index (χ2v) is 6.04. The third-order valence-electron chi connectivity index (χ3n) is 3.81. The first kappa shape index (κ1) is 14.4. The predicted molar refractivity (Wildman–Crippen MR) is 91.6 cm³/mol. The SMILES string of the molecule is C=Cc1ccccc1N1CCO[C@@H](c2ccc(Br)cc2)C1. The Labute approximate surface area is 134 Å². The summed E-state index contributed by atoms with van der Waals surface area (Å²) >= 11 is 3.47. The second kappa shape index (κ2) is 6.46. The Kier molecular flexibility index (Phi) is 4.42. The van der Waals surface area contributed by atoms with Crippen molar-refractivity contribution in [1.82, 2.24) is 0 Å². The van der Waals surface area contributed by atoms with Crippen LogP contribution in [0.2, 0.25) is 0 Å². The molecule has 3 rings (SSSR count). The van der Waals surface area contributed by atoms with Crippen LogP contribution in [0.15, 0.2) is 59.6 Å². The lowest BCUT2D eigenvalue weighted by atomic mass is 10.1. The van der Waals surface area contributed by atoms with E-state index in [1.807, 2.05) is 12.1 Å². The van der Waals surface area contributed by atoms with Crippen molar-refractivity contribution >= 4 is 27.7 Å². The Morgan fingerprint density at radius 1 is 1.14 bits per heavy atom. The van der Waals surface area contributed by atoms with Crippen molar-refractivity contribution in [3.8, 4) is 0 Å². The van der Waals surface area contributed by atoms with E-state index in [-0.39, 0.29) is 6.10 Å². The summed E-state index contributed by atoms with van der Waals surface area (Å²) in [5.41, 5.74) is 3.63. The maximum atomic E-state index is 5.95. The highest BCUT2D eigenvalue weighted by Crippen LogP contribution is 2.29. The van der Waals surface area contributed by atoms with Gasteiger partial charge in [-0.3, -0.25) is 0 Å². The van der Waals surface area contributed by atoms with Crippen LogP contribution in [0.4, 0.5) is 5.69 Å². The van der Waals surface area contributed by atoms with Gasteiger partial charge in [0.1, 0.15) is 6.10 Å². The minimum Gasteiger partial charge on any atom is -0.370 e. The number of morpholine rings is 1. The van der Waals surface area contributed by atoms with Crippen LogP contribution < -0.4 is 4.90 Å². The first-order valence-corrected chi connectivity index (χ1v) is 7.90. The van der Waals surface area contributed by atoms with Gasteiger partial charge in [0, 0.05) is 23.2 Å². The molecule has 0 aliphatic carbocycles. The highest BCUT2D eigenvalue weighted by atomic mass is 79.9. The van der Waals surface area contributed by atoms with E-state index in [0.717, 1.165) is 24.2 Å². The Morgan fingerprint density at radius 3 is 2.67 bits per heavy atom. The Balaban J connectivity index is 1.82. The fraction of sp³-hybridized carbons (Fsp3) is 0.222. The summed E-state index contributed by atoms with van der Waals surface area (Å²) in [6.07, 6.45) is 2.03. The predicted octanol–water partition coefficient (Wildman–Crippen LogP) is 4.67. The zero-order valence-electron chi connectivity index (χ0n) is 11.8. The van der Waals surface area contributed by atoms with E-state index >= 15 is 0 Å². The van der Waals surface area contributed by atoms with E-state index in [1.54, 1.807) is 0 Å². The van der Waals surface area contributed by atoms with Gasteiger partial charge in [-0.1, -0.05) is 58.9 Å². The lowest BCUT2D eigenvalue weighted by Gasteiger charge is -2.35. The molecule has 21 heavy (non-hydrogen) atoms. The van der Waals surface area contributed by atoms with Crippen molar-refractivity contribution in [3.05, 3.63) is 70.7 Å². The molecule has 2 aromatic rings. The Morgan fingerprint density at radius 2 is 1.90 bits per heavy atom. The maximum absolute atomic E-state index is 5.95. The molecule has 0 aromatic heterocycles. The van der Waals surface area contributed by atoms with Crippen LogP contribution in [0.5, 0.6) is 0 Å². The highest BCUT2D eigenvalue weighted by Gasteiger charge is 2.23. The van der Waals surface area contributed by atoms with Crippen molar-refractivity contribution in [1.29, 1.82) is 0 Å². The van der Waals surface area contributed by atoms with Gasteiger partial charge in [-0.15, -0.1) is 0 Å². The number of ether oxygens (including phenoxy) is 1. The number of rotatable bonds is 3. The minimum atomic E-state index is 0.115.